The third kappa shape index (κ3) is 2.59. The van der Waals surface area contributed by atoms with E-state index >= 15 is 0 Å². The van der Waals surface area contributed by atoms with E-state index in [1.807, 2.05) is 0 Å². The van der Waals surface area contributed by atoms with Gasteiger partial charge in [-0.2, -0.15) is 5.10 Å². The van der Waals surface area contributed by atoms with Crippen LogP contribution in [0.5, 0.6) is 0 Å². The number of ether oxygens (including phenoxy) is 1. The van der Waals surface area contributed by atoms with Gasteiger partial charge in [0.25, 0.3) is 0 Å². The summed E-state index contributed by atoms with van der Waals surface area (Å²) in [6, 6.07) is 0. The summed E-state index contributed by atoms with van der Waals surface area (Å²) in [5.41, 5.74) is 0.531. The molecule has 22 heavy (non-hydrogen) atoms. The first-order valence-corrected chi connectivity index (χ1v) is 8.09. The fourth-order valence-electron chi connectivity index (χ4n) is 2.42. The molecule has 0 aromatic carbocycles. The monoisotopic (exact) mass is 326 g/mol. The molecule has 3 heterocycles. The molecule has 2 aromatic rings. The molecule has 1 aliphatic heterocycles. The third-order valence-corrected chi connectivity index (χ3v) is 4.77. The molecule has 120 valence electrons. The van der Waals surface area contributed by atoms with Gasteiger partial charge in [0.15, 0.2) is 11.9 Å². The number of aliphatic hydroxyl groups is 3. The molecule has 1 fully saturated rings. The third-order valence-electron chi connectivity index (χ3n) is 3.56. The minimum absolute atomic E-state index is 0.374. The number of hydrogen-bond donors (Lipinski definition) is 3. The average Bonchev–Trinajstić information content (AvgIpc) is 3.08. The van der Waals surface area contributed by atoms with E-state index in [0.717, 1.165) is 22.6 Å². The Balaban J connectivity index is 1.95. The van der Waals surface area contributed by atoms with Crippen molar-refractivity contribution in [1.29, 1.82) is 0 Å². The predicted octanol–water partition coefficient (Wildman–Crippen LogP) is -0.0601. The highest BCUT2D eigenvalue weighted by molar-refractivity contribution is 7.99. The topological polar surface area (TPSA) is 114 Å². The highest BCUT2D eigenvalue weighted by Crippen LogP contribution is 2.32. The SMILES string of the molecule is CCCSc1ncnc2c1cnn2C1O[C@H](CO)[C@@H](O)[C@H]1O. The highest BCUT2D eigenvalue weighted by Gasteiger charge is 2.44. The van der Waals surface area contributed by atoms with E-state index in [9.17, 15) is 10.2 Å². The van der Waals surface area contributed by atoms with E-state index in [4.69, 9.17) is 9.84 Å². The summed E-state index contributed by atoms with van der Waals surface area (Å²) in [4.78, 5) is 8.46. The molecule has 1 unspecified atom stereocenters. The van der Waals surface area contributed by atoms with Crippen molar-refractivity contribution in [1.82, 2.24) is 19.7 Å². The molecular weight excluding hydrogens is 308 g/mol. The van der Waals surface area contributed by atoms with Crippen LogP contribution < -0.4 is 0 Å². The molecule has 0 spiro atoms. The normalized spacial score (nSPS) is 28.5. The largest absolute Gasteiger partial charge is 0.394 e. The van der Waals surface area contributed by atoms with Crippen molar-refractivity contribution in [2.45, 2.75) is 42.9 Å². The van der Waals surface area contributed by atoms with Crippen LogP contribution in [0.25, 0.3) is 11.0 Å². The molecule has 1 saturated heterocycles. The van der Waals surface area contributed by atoms with Crippen LogP contribution in [0.3, 0.4) is 0 Å². The highest BCUT2D eigenvalue weighted by atomic mass is 32.2. The summed E-state index contributed by atoms with van der Waals surface area (Å²) in [5, 5.41) is 35.0. The Kier molecular flexibility index (Phi) is 4.59. The van der Waals surface area contributed by atoms with Gasteiger partial charge in [-0.3, -0.25) is 0 Å². The molecule has 1 aliphatic rings. The zero-order valence-corrected chi connectivity index (χ0v) is 12.8. The van der Waals surface area contributed by atoms with E-state index in [1.54, 1.807) is 18.0 Å². The van der Waals surface area contributed by atoms with E-state index in [-0.39, 0.29) is 6.61 Å². The predicted molar refractivity (Wildman–Crippen MR) is 79.3 cm³/mol. The van der Waals surface area contributed by atoms with E-state index in [0.29, 0.717) is 5.65 Å². The molecule has 0 saturated carbocycles. The quantitative estimate of drug-likeness (QED) is 0.517. The summed E-state index contributed by atoms with van der Waals surface area (Å²) in [6.45, 7) is 1.72. The number of fused-ring (bicyclic) bond motifs is 1. The summed E-state index contributed by atoms with van der Waals surface area (Å²) < 4.78 is 6.92. The van der Waals surface area contributed by atoms with Crippen LogP contribution in [-0.4, -0.2) is 65.7 Å². The van der Waals surface area contributed by atoms with Crippen LogP contribution in [0.2, 0.25) is 0 Å². The number of hydrogen-bond acceptors (Lipinski definition) is 8. The van der Waals surface area contributed by atoms with Gasteiger partial charge in [-0.05, 0) is 12.2 Å². The van der Waals surface area contributed by atoms with E-state index < -0.39 is 24.5 Å². The number of thioether (sulfide) groups is 1. The lowest BCUT2D eigenvalue weighted by atomic mass is 10.1. The van der Waals surface area contributed by atoms with Crippen molar-refractivity contribution in [2.75, 3.05) is 12.4 Å². The van der Waals surface area contributed by atoms with Crippen molar-refractivity contribution >= 4 is 22.8 Å². The Labute approximate surface area is 131 Å². The van der Waals surface area contributed by atoms with E-state index in [1.165, 1.54) is 11.0 Å². The Morgan fingerprint density at radius 2 is 2.14 bits per heavy atom. The molecule has 3 N–H and O–H groups in total. The first kappa shape index (κ1) is 15.6. The van der Waals surface area contributed by atoms with Gasteiger partial charge in [-0.1, -0.05) is 6.92 Å². The Morgan fingerprint density at radius 3 is 2.82 bits per heavy atom. The summed E-state index contributed by atoms with van der Waals surface area (Å²) >= 11 is 1.62. The molecule has 0 aliphatic carbocycles. The number of nitrogens with zero attached hydrogens (tertiary/aromatic N) is 4. The first-order valence-electron chi connectivity index (χ1n) is 7.10. The van der Waals surface area contributed by atoms with Crippen molar-refractivity contribution < 1.29 is 20.1 Å². The Hall–Kier alpha value is -1.26. The summed E-state index contributed by atoms with van der Waals surface area (Å²) in [7, 11) is 0. The average molecular weight is 326 g/mol. The summed E-state index contributed by atoms with van der Waals surface area (Å²) in [5.74, 6) is 0.936. The fraction of sp³-hybridized carbons (Fsp3) is 0.615. The van der Waals surface area contributed by atoms with Gasteiger partial charge in [0.1, 0.15) is 29.7 Å². The van der Waals surface area contributed by atoms with Gasteiger partial charge < -0.3 is 20.1 Å². The molecule has 0 radical (unpaired) electrons. The van der Waals surface area contributed by atoms with Gasteiger partial charge in [0.2, 0.25) is 0 Å². The number of aliphatic hydroxyl groups excluding tert-OH is 3. The van der Waals surface area contributed by atoms with Crippen molar-refractivity contribution in [3.63, 3.8) is 0 Å². The van der Waals surface area contributed by atoms with E-state index in [2.05, 4.69) is 22.0 Å². The molecule has 0 amide bonds. The first-order chi connectivity index (χ1) is 10.7. The van der Waals surface area contributed by atoms with Gasteiger partial charge in [-0.15, -0.1) is 11.8 Å². The second kappa shape index (κ2) is 6.47. The van der Waals surface area contributed by atoms with Crippen LogP contribution in [0.15, 0.2) is 17.6 Å². The second-order valence-electron chi connectivity index (χ2n) is 5.08. The van der Waals surface area contributed by atoms with Crippen LogP contribution in [0, 0.1) is 0 Å². The zero-order chi connectivity index (χ0) is 15.7. The maximum atomic E-state index is 10.1. The number of rotatable bonds is 5. The maximum absolute atomic E-state index is 10.1. The Bertz CT molecular complexity index is 652. The smallest absolute Gasteiger partial charge is 0.181 e. The minimum atomic E-state index is -1.18. The van der Waals surface area contributed by atoms with Gasteiger partial charge in [0, 0.05) is 0 Å². The molecule has 3 rings (SSSR count). The molecule has 9 heteroatoms. The maximum Gasteiger partial charge on any atom is 0.181 e. The van der Waals surface area contributed by atoms with Gasteiger partial charge >= 0.3 is 0 Å². The van der Waals surface area contributed by atoms with Crippen LogP contribution in [0.4, 0.5) is 0 Å². The second-order valence-corrected chi connectivity index (χ2v) is 6.17. The zero-order valence-electron chi connectivity index (χ0n) is 12.0. The lowest BCUT2D eigenvalue weighted by Crippen LogP contribution is -2.33. The fourth-order valence-corrected chi connectivity index (χ4v) is 3.24. The lowest BCUT2D eigenvalue weighted by Gasteiger charge is -2.15. The van der Waals surface area contributed by atoms with Crippen LogP contribution in [-0.2, 0) is 4.74 Å². The van der Waals surface area contributed by atoms with Crippen molar-refractivity contribution in [2.24, 2.45) is 0 Å². The van der Waals surface area contributed by atoms with Crippen molar-refractivity contribution in [3.05, 3.63) is 12.5 Å². The van der Waals surface area contributed by atoms with Gasteiger partial charge in [0.05, 0.1) is 18.2 Å². The number of aromatic nitrogens is 4. The van der Waals surface area contributed by atoms with Crippen molar-refractivity contribution in [3.8, 4) is 0 Å². The van der Waals surface area contributed by atoms with Crippen LogP contribution in [0.1, 0.15) is 19.6 Å². The molecule has 2 aromatic heterocycles. The minimum Gasteiger partial charge on any atom is -0.394 e. The molecule has 8 nitrogen and oxygen atoms in total. The molecule has 0 bridgehead atoms. The van der Waals surface area contributed by atoms with Gasteiger partial charge in [-0.25, -0.2) is 14.6 Å². The standard InChI is InChI=1S/C13H18N4O4S/c1-2-3-22-12-7-4-16-17(11(7)14-6-15-12)13-10(20)9(19)8(5-18)21-13/h4,6,8-10,13,18-20H,2-3,5H2,1H3/t8-,9-,10-,13?/m1/s1. The molecule has 4 atom stereocenters. The molecular formula is C13H18N4O4S. The Morgan fingerprint density at radius 1 is 1.32 bits per heavy atom. The summed E-state index contributed by atoms with van der Waals surface area (Å²) in [6.07, 6.45) is 0.0339. The lowest BCUT2D eigenvalue weighted by molar-refractivity contribution is -0.0566. The van der Waals surface area contributed by atoms with Crippen LogP contribution >= 0.6 is 11.8 Å².